The summed E-state index contributed by atoms with van der Waals surface area (Å²) in [6, 6.07) is 13.8. The molecule has 0 aliphatic rings. The van der Waals surface area contributed by atoms with Gasteiger partial charge in [0.05, 0.1) is 5.56 Å². The first-order valence-corrected chi connectivity index (χ1v) is 7.13. The topological polar surface area (TPSA) is 58.6 Å². The Kier molecular flexibility index (Phi) is 5.86. The zero-order valence-electron chi connectivity index (χ0n) is 11.8. The number of carbonyl (C=O) groups is 1. The third-order valence-corrected chi connectivity index (χ3v) is 3.13. The van der Waals surface area contributed by atoms with Gasteiger partial charge in [0.15, 0.2) is 0 Å². The van der Waals surface area contributed by atoms with Crippen LogP contribution >= 0.6 is 11.6 Å². The summed E-state index contributed by atoms with van der Waals surface area (Å²) in [6.07, 6.45) is 3.86. The number of nitrogens with one attached hydrogen (secondary N) is 1. The van der Waals surface area contributed by atoms with Gasteiger partial charge in [-0.3, -0.25) is 0 Å². The molecule has 0 saturated carbocycles. The largest absolute Gasteiger partial charge is 0.490 e. The minimum Gasteiger partial charge on any atom is -0.490 e. The number of aromatic carboxylic acids is 1. The van der Waals surface area contributed by atoms with Crippen LogP contribution < -0.4 is 10.1 Å². The molecule has 0 saturated heterocycles. The minimum absolute atomic E-state index is 0.245. The molecule has 0 amide bonds. The van der Waals surface area contributed by atoms with E-state index < -0.39 is 5.97 Å². The van der Waals surface area contributed by atoms with Crippen LogP contribution in [0.2, 0.25) is 5.02 Å². The smallest absolute Gasteiger partial charge is 0.335 e. The van der Waals surface area contributed by atoms with E-state index in [2.05, 4.69) is 5.32 Å². The monoisotopic (exact) mass is 317 g/mol. The maximum atomic E-state index is 10.7. The quantitative estimate of drug-likeness (QED) is 0.755. The highest BCUT2D eigenvalue weighted by Gasteiger charge is 2.01. The molecule has 0 aliphatic carbocycles. The molecule has 5 heteroatoms. The Morgan fingerprint density at radius 3 is 2.41 bits per heavy atom. The molecule has 0 heterocycles. The van der Waals surface area contributed by atoms with Crippen molar-refractivity contribution in [3.8, 4) is 5.75 Å². The summed E-state index contributed by atoms with van der Waals surface area (Å²) in [5.41, 5.74) is 1.24. The highest BCUT2D eigenvalue weighted by Crippen LogP contribution is 2.13. The van der Waals surface area contributed by atoms with Crippen LogP contribution in [0.1, 0.15) is 10.4 Å². The van der Waals surface area contributed by atoms with Gasteiger partial charge in [0, 0.05) is 17.3 Å². The number of hydrogen-bond donors (Lipinski definition) is 2. The van der Waals surface area contributed by atoms with Gasteiger partial charge >= 0.3 is 5.97 Å². The number of carboxylic acid groups (broad SMARTS) is 1. The summed E-state index contributed by atoms with van der Waals surface area (Å²) >= 11 is 5.81. The molecular weight excluding hydrogens is 302 g/mol. The molecule has 0 spiro atoms. The van der Waals surface area contributed by atoms with Gasteiger partial charge in [0.2, 0.25) is 0 Å². The van der Waals surface area contributed by atoms with Gasteiger partial charge in [0.1, 0.15) is 12.4 Å². The van der Waals surface area contributed by atoms with Gasteiger partial charge < -0.3 is 15.2 Å². The van der Waals surface area contributed by atoms with Crippen LogP contribution in [0, 0.1) is 0 Å². The van der Waals surface area contributed by atoms with Crippen molar-refractivity contribution in [2.45, 2.75) is 0 Å². The molecule has 0 fully saturated rings. The lowest BCUT2D eigenvalue weighted by molar-refractivity contribution is 0.0697. The maximum absolute atomic E-state index is 10.7. The van der Waals surface area contributed by atoms with E-state index in [1.807, 2.05) is 36.4 Å². The number of ether oxygens (including phenoxy) is 1. The maximum Gasteiger partial charge on any atom is 0.335 e. The van der Waals surface area contributed by atoms with E-state index in [0.29, 0.717) is 23.9 Å². The summed E-state index contributed by atoms with van der Waals surface area (Å²) in [5.74, 6) is -0.306. The Labute approximate surface area is 134 Å². The number of anilines is 1. The molecule has 0 atom stereocenters. The Morgan fingerprint density at radius 2 is 1.77 bits per heavy atom. The van der Waals surface area contributed by atoms with E-state index in [-0.39, 0.29) is 5.56 Å². The second kappa shape index (κ2) is 8.10. The van der Waals surface area contributed by atoms with Crippen LogP contribution in [0.5, 0.6) is 5.75 Å². The van der Waals surface area contributed by atoms with Gasteiger partial charge in [-0.15, -0.1) is 0 Å². The Balaban J connectivity index is 1.69. The molecule has 0 aromatic heterocycles. The van der Waals surface area contributed by atoms with E-state index in [4.69, 9.17) is 21.4 Å². The first kappa shape index (κ1) is 15.9. The molecule has 0 unspecified atom stereocenters. The highest BCUT2D eigenvalue weighted by molar-refractivity contribution is 6.30. The molecule has 4 nitrogen and oxygen atoms in total. The minimum atomic E-state index is -0.945. The first-order valence-electron chi connectivity index (χ1n) is 6.76. The van der Waals surface area contributed by atoms with Crippen molar-refractivity contribution in [1.82, 2.24) is 0 Å². The lowest BCUT2D eigenvalue weighted by atomic mass is 10.2. The SMILES string of the molecule is O=C(O)c1ccc(OC/C=C/CNc2ccc(Cl)cc2)cc1. The molecule has 114 valence electrons. The molecule has 2 N–H and O–H groups in total. The normalized spacial score (nSPS) is 10.6. The molecular formula is C17H16ClNO3. The van der Waals surface area contributed by atoms with Gasteiger partial charge in [-0.05, 0) is 54.6 Å². The predicted molar refractivity (Wildman–Crippen MR) is 88.0 cm³/mol. The second-order valence-corrected chi connectivity index (χ2v) is 4.94. The van der Waals surface area contributed by atoms with Crippen LogP contribution in [-0.4, -0.2) is 24.2 Å². The van der Waals surface area contributed by atoms with E-state index in [9.17, 15) is 4.79 Å². The average Bonchev–Trinajstić information content (AvgIpc) is 2.53. The summed E-state index contributed by atoms with van der Waals surface area (Å²) < 4.78 is 5.48. The van der Waals surface area contributed by atoms with Crippen LogP contribution in [0.4, 0.5) is 5.69 Å². The molecule has 22 heavy (non-hydrogen) atoms. The summed E-state index contributed by atoms with van der Waals surface area (Å²) in [7, 11) is 0. The third-order valence-electron chi connectivity index (χ3n) is 2.88. The van der Waals surface area contributed by atoms with Crippen LogP contribution in [0.25, 0.3) is 0 Å². The van der Waals surface area contributed by atoms with Crippen molar-refractivity contribution in [3.05, 3.63) is 71.3 Å². The fourth-order valence-electron chi connectivity index (χ4n) is 1.73. The van der Waals surface area contributed by atoms with Crippen molar-refractivity contribution in [2.75, 3.05) is 18.5 Å². The average molecular weight is 318 g/mol. The first-order chi connectivity index (χ1) is 10.6. The molecule has 0 aliphatic heterocycles. The predicted octanol–water partition coefficient (Wildman–Crippen LogP) is 4.09. The number of carboxylic acids is 1. The Morgan fingerprint density at radius 1 is 1.09 bits per heavy atom. The lowest BCUT2D eigenvalue weighted by Gasteiger charge is -2.04. The van der Waals surface area contributed by atoms with Crippen LogP contribution in [0.15, 0.2) is 60.7 Å². The zero-order valence-corrected chi connectivity index (χ0v) is 12.6. The summed E-state index contributed by atoms with van der Waals surface area (Å²) in [5, 5.41) is 12.7. The highest BCUT2D eigenvalue weighted by atomic mass is 35.5. The molecule has 0 radical (unpaired) electrons. The van der Waals surface area contributed by atoms with E-state index in [1.165, 1.54) is 12.1 Å². The standard InChI is InChI=1S/C17H16ClNO3/c18-14-5-7-15(8-6-14)19-11-1-2-12-22-16-9-3-13(4-10-16)17(20)21/h1-10,19H,11-12H2,(H,20,21)/b2-1+. The Bertz CT molecular complexity index is 636. The number of hydrogen-bond acceptors (Lipinski definition) is 3. The van der Waals surface area contributed by atoms with E-state index in [1.54, 1.807) is 12.1 Å². The second-order valence-electron chi connectivity index (χ2n) is 4.50. The Hall–Kier alpha value is -2.46. The van der Waals surface area contributed by atoms with Gasteiger partial charge in [-0.1, -0.05) is 17.7 Å². The van der Waals surface area contributed by atoms with Gasteiger partial charge in [-0.25, -0.2) is 4.79 Å². The number of rotatable bonds is 7. The van der Waals surface area contributed by atoms with Crippen LogP contribution in [-0.2, 0) is 0 Å². The van der Waals surface area contributed by atoms with Crippen molar-refractivity contribution in [3.63, 3.8) is 0 Å². The van der Waals surface area contributed by atoms with Gasteiger partial charge in [0.25, 0.3) is 0 Å². The van der Waals surface area contributed by atoms with Crippen molar-refractivity contribution in [2.24, 2.45) is 0 Å². The van der Waals surface area contributed by atoms with Crippen molar-refractivity contribution in [1.29, 1.82) is 0 Å². The van der Waals surface area contributed by atoms with E-state index in [0.717, 1.165) is 5.69 Å². The lowest BCUT2D eigenvalue weighted by Crippen LogP contribution is -2.00. The fraction of sp³-hybridized carbons (Fsp3) is 0.118. The third kappa shape index (κ3) is 5.14. The fourth-order valence-corrected chi connectivity index (χ4v) is 1.86. The van der Waals surface area contributed by atoms with Crippen molar-refractivity contribution >= 4 is 23.3 Å². The van der Waals surface area contributed by atoms with Gasteiger partial charge in [-0.2, -0.15) is 0 Å². The molecule has 2 aromatic rings. The summed E-state index contributed by atoms with van der Waals surface area (Å²) in [4.78, 5) is 10.7. The molecule has 0 bridgehead atoms. The number of benzene rings is 2. The number of halogens is 1. The summed E-state index contributed by atoms with van der Waals surface area (Å²) in [6.45, 7) is 1.11. The van der Waals surface area contributed by atoms with Crippen LogP contribution in [0.3, 0.4) is 0 Å². The van der Waals surface area contributed by atoms with Crippen molar-refractivity contribution < 1.29 is 14.6 Å². The van der Waals surface area contributed by atoms with E-state index >= 15 is 0 Å². The molecule has 2 rings (SSSR count). The zero-order chi connectivity index (χ0) is 15.8. The molecule has 2 aromatic carbocycles.